The van der Waals surface area contributed by atoms with Gasteiger partial charge >= 0.3 is 11.9 Å². The van der Waals surface area contributed by atoms with E-state index in [2.05, 4.69) is 13.8 Å². The van der Waals surface area contributed by atoms with Crippen molar-refractivity contribution in [2.45, 2.75) is 84.8 Å². The smallest absolute Gasteiger partial charge is 0.338 e. The highest BCUT2D eigenvalue weighted by molar-refractivity contribution is 5.90. The zero-order valence-corrected chi connectivity index (χ0v) is 23.8. The summed E-state index contributed by atoms with van der Waals surface area (Å²) in [5, 5.41) is 17.9. The first kappa shape index (κ1) is 32.3. The van der Waals surface area contributed by atoms with Crippen LogP contribution in [0.25, 0.3) is 11.1 Å². The Morgan fingerprint density at radius 2 is 1.23 bits per heavy atom. The van der Waals surface area contributed by atoms with E-state index in [1.165, 1.54) is 19.8 Å². The number of carbonyl (C=O) groups is 2. The summed E-state index contributed by atoms with van der Waals surface area (Å²) in [7, 11) is 0. The van der Waals surface area contributed by atoms with Gasteiger partial charge in [-0.1, -0.05) is 83.1 Å². The van der Waals surface area contributed by atoms with Crippen LogP contribution in [0.4, 0.5) is 0 Å². The van der Waals surface area contributed by atoms with Gasteiger partial charge in [-0.15, -0.1) is 0 Å². The van der Waals surface area contributed by atoms with Crippen molar-refractivity contribution in [2.75, 3.05) is 19.8 Å². The summed E-state index contributed by atoms with van der Waals surface area (Å²) in [5.74, 6) is -0.532. The molecule has 2 atom stereocenters. The molecule has 2 N–H and O–H groups in total. The Morgan fingerprint density at radius 3 is 1.77 bits per heavy atom. The molecule has 0 spiro atoms. The van der Waals surface area contributed by atoms with E-state index in [0.717, 1.165) is 61.8 Å². The maximum atomic E-state index is 12.2. The first-order valence-electron chi connectivity index (χ1n) is 14.3. The Morgan fingerprint density at radius 1 is 0.718 bits per heavy atom. The number of ether oxygens (including phenoxy) is 3. The standard InChI is InChI=1S/C32H46O7/c1-4-24(2)23-39-32(36)28-15-13-26(14-16-28)27-17-19-29(20-18-27)37-21-11-9-7-5-6-8-10-12-22-38-31(35)25(3)30(33)34/h13-20,24-25,30,33-34H,4-12,21-23H2,1-3H3. The summed E-state index contributed by atoms with van der Waals surface area (Å²) in [6, 6.07) is 15.5. The molecule has 0 heterocycles. The fourth-order valence-electron chi connectivity index (χ4n) is 3.84. The van der Waals surface area contributed by atoms with Crippen molar-refractivity contribution in [3.8, 4) is 16.9 Å². The summed E-state index contributed by atoms with van der Waals surface area (Å²) in [5.41, 5.74) is 2.67. The van der Waals surface area contributed by atoms with Gasteiger partial charge in [-0.3, -0.25) is 4.79 Å². The second-order valence-corrected chi connectivity index (χ2v) is 10.3. The van der Waals surface area contributed by atoms with Crippen LogP contribution >= 0.6 is 0 Å². The number of carbonyl (C=O) groups excluding carboxylic acids is 2. The fourth-order valence-corrected chi connectivity index (χ4v) is 3.84. The predicted molar refractivity (Wildman–Crippen MR) is 152 cm³/mol. The predicted octanol–water partition coefficient (Wildman–Crippen LogP) is 6.55. The van der Waals surface area contributed by atoms with E-state index in [4.69, 9.17) is 24.4 Å². The van der Waals surface area contributed by atoms with E-state index in [1.807, 2.05) is 48.5 Å². The monoisotopic (exact) mass is 542 g/mol. The molecule has 0 aromatic heterocycles. The molecule has 0 aliphatic heterocycles. The highest BCUT2D eigenvalue weighted by Gasteiger charge is 2.20. The molecule has 0 amide bonds. The molecule has 2 rings (SSSR count). The van der Waals surface area contributed by atoms with Crippen molar-refractivity contribution in [1.82, 2.24) is 0 Å². The minimum Gasteiger partial charge on any atom is -0.494 e. The van der Waals surface area contributed by atoms with Gasteiger partial charge in [0.2, 0.25) is 0 Å². The molecule has 39 heavy (non-hydrogen) atoms. The number of esters is 2. The van der Waals surface area contributed by atoms with Crippen LogP contribution in [0.3, 0.4) is 0 Å². The van der Waals surface area contributed by atoms with Crippen molar-refractivity contribution in [3.05, 3.63) is 54.1 Å². The number of unbranched alkanes of at least 4 members (excludes halogenated alkanes) is 7. The number of hydrogen-bond acceptors (Lipinski definition) is 7. The lowest BCUT2D eigenvalue weighted by Gasteiger charge is -2.12. The van der Waals surface area contributed by atoms with Gasteiger partial charge in [-0.2, -0.15) is 0 Å². The Kier molecular flexibility index (Phi) is 15.2. The van der Waals surface area contributed by atoms with Crippen LogP contribution in [-0.2, 0) is 14.3 Å². The topological polar surface area (TPSA) is 102 Å². The molecule has 0 saturated carbocycles. The number of hydrogen-bond donors (Lipinski definition) is 2. The number of aliphatic hydroxyl groups excluding tert-OH is 1. The zero-order valence-electron chi connectivity index (χ0n) is 23.8. The van der Waals surface area contributed by atoms with Gasteiger partial charge in [-0.05, 0) is 61.1 Å². The molecule has 0 saturated heterocycles. The zero-order chi connectivity index (χ0) is 28.5. The average molecular weight is 543 g/mol. The van der Waals surface area contributed by atoms with E-state index in [9.17, 15) is 9.59 Å². The summed E-state index contributed by atoms with van der Waals surface area (Å²) < 4.78 is 16.3. The fraction of sp³-hybridized carbons (Fsp3) is 0.562. The molecule has 2 aromatic rings. The number of rotatable bonds is 19. The third-order valence-electron chi connectivity index (χ3n) is 6.87. The van der Waals surface area contributed by atoms with Crippen molar-refractivity contribution in [2.24, 2.45) is 11.8 Å². The highest BCUT2D eigenvalue weighted by atomic mass is 16.5. The molecule has 7 nitrogen and oxygen atoms in total. The normalized spacial score (nSPS) is 12.7. The van der Waals surface area contributed by atoms with Gasteiger partial charge < -0.3 is 24.4 Å². The van der Waals surface area contributed by atoms with Crippen LogP contribution in [0.5, 0.6) is 5.75 Å². The van der Waals surface area contributed by atoms with Gasteiger partial charge in [0.25, 0.3) is 0 Å². The molecule has 0 aliphatic carbocycles. The average Bonchev–Trinajstić information content (AvgIpc) is 2.96. The van der Waals surface area contributed by atoms with E-state index >= 15 is 0 Å². The molecular formula is C32H46O7. The maximum absolute atomic E-state index is 12.2. The van der Waals surface area contributed by atoms with Crippen LogP contribution < -0.4 is 4.74 Å². The van der Waals surface area contributed by atoms with Gasteiger partial charge in [0.05, 0.1) is 25.4 Å². The highest BCUT2D eigenvalue weighted by Crippen LogP contribution is 2.23. The summed E-state index contributed by atoms with van der Waals surface area (Å²) >= 11 is 0. The van der Waals surface area contributed by atoms with E-state index in [0.29, 0.717) is 31.3 Å². The Hall–Kier alpha value is -2.90. The van der Waals surface area contributed by atoms with Crippen molar-refractivity contribution in [3.63, 3.8) is 0 Å². The first-order chi connectivity index (χ1) is 18.8. The van der Waals surface area contributed by atoms with Crippen LogP contribution in [0.15, 0.2) is 48.5 Å². The molecule has 0 fully saturated rings. The minimum atomic E-state index is -1.67. The van der Waals surface area contributed by atoms with E-state index in [-0.39, 0.29) is 5.97 Å². The van der Waals surface area contributed by atoms with Crippen molar-refractivity contribution < 1.29 is 34.0 Å². The van der Waals surface area contributed by atoms with E-state index < -0.39 is 18.2 Å². The van der Waals surface area contributed by atoms with Gasteiger partial charge in [-0.25, -0.2) is 4.79 Å². The molecule has 2 aromatic carbocycles. The second kappa shape index (κ2) is 18.4. The maximum Gasteiger partial charge on any atom is 0.338 e. The number of benzene rings is 2. The minimum absolute atomic E-state index is 0.279. The van der Waals surface area contributed by atoms with Crippen molar-refractivity contribution in [1.29, 1.82) is 0 Å². The van der Waals surface area contributed by atoms with Crippen LogP contribution in [0.1, 0.15) is 88.9 Å². The lowest BCUT2D eigenvalue weighted by atomic mass is 10.0. The first-order valence-corrected chi connectivity index (χ1v) is 14.3. The Labute approximate surface area is 233 Å². The third-order valence-corrected chi connectivity index (χ3v) is 6.87. The molecular weight excluding hydrogens is 496 g/mol. The summed E-state index contributed by atoms with van der Waals surface area (Å²) in [6.07, 6.45) is 7.86. The third kappa shape index (κ3) is 12.7. The van der Waals surface area contributed by atoms with Gasteiger partial charge in [0.1, 0.15) is 11.7 Å². The van der Waals surface area contributed by atoms with Crippen LogP contribution in [-0.4, -0.2) is 48.3 Å². The van der Waals surface area contributed by atoms with Gasteiger partial charge in [0, 0.05) is 0 Å². The molecule has 216 valence electrons. The Bertz CT molecular complexity index is 953. The lowest BCUT2D eigenvalue weighted by molar-refractivity contribution is -0.163. The van der Waals surface area contributed by atoms with Crippen molar-refractivity contribution >= 4 is 11.9 Å². The lowest BCUT2D eigenvalue weighted by Crippen LogP contribution is -2.27. The molecule has 7 heteroatoms. The molecule has 2 unspecified atom stereocenters. The number of aliphatic hydroxyl groups is 2. The molecule has 0 aliphatic rings. The quantitative estimate of drug-likeness (QED) is 0.118. The second-order valence-electron chi connectivity index (χ2n) is 10.3. The summed E-state index contributed by atoms with van der Waals surface area (Å²) in [4.78, 5) is 23.7. The van der Waals surface area contributed by atoms with Crippen LogP contribution in [0, 0.1) is 11.8 Å². The largest absolute Gasteiger partial charge is 0.494 e. The SMILES string of the molecule is CCC(C)COC(=O)c1ccc(-c2ccc(OCCCCCCCCCCOC(=O)C(C)C(O)O)cc2)cc1. The molecule has 0 radical (unpaired) electrons. The van der Waals surface area contributed by atoms with Gasteiger partial charge in [0.15, 0.2) is 6.29 Å². The van der Waals surface area contributed by atoms with E-state index in [1.54, 1.807) is 0 Å². The Balaban J connectivity index is 1.53. The molecule has 0 bridgehead atoms. The van der Waals surface area contributed by atoms with Crippen LogP contribution in [0.2, 0.25) is 0 Å². The summed E-state index contributed by atoms with van der Waals surface area (Å²) in [6.45, 7) is 7.05.